The maximum Gasteiger partial charge on any atom is 0.251 e. The first kappa shape index (κ1) is 17.4. The van der Waals surface area contributed by atoms with E-state index in [2.05, 4.69) is 15.7 Å². The van der Waals surface area contributed by atoms with Gasteiger partial charge in [0.1, 0.15) is 0 Å². The molecular formula is C20H20N4O2. The fourth-order valence-corrected chi connectivity index (χ4v) is 2.58. The van der Waals surface area contributed by atoms with Crippen molar-refractivity contribution in [2.75, 3.05) is 5.32 Å². The van der Waals surface area contributed by atoms with Gasteiger partial charge in [-0.3, -0.25) is 14.3 Å². The molecule has 1 aromatic heterocycles. The second-order valence-corrected chi connectivity index (χ2v) is 5.98. The Bertz CT molecular complexity index is 903. The number of carbonyl (C=O) groups excluding carboxylic acids is 2. The summed E-state index contributed by atoms with van der Waals surface area (Å²) in [6.45, 7) is 2.51. The van der Waals surface area contributed by atoms with Gasteiger partial charge in [-0.05, 0) is 23.8 Å². The van der Waals surface area contributed by atoms with Gasteiger partial charge in [0.15, 0.2) is 0 Å². The normalized spacial score (nSPS) is 10.3. The van der Waals surface area contributed by atoms with Crippen LogP contribution >= 0.6 is 0 Å². The molecule has 3 rings (SSSR count). The van der Waals surface area contributed by atoms with E-state index in [1.165, 1.54) is 12.5 Å². The molecule has 0 aliphatic carbocycles. The lowest BCUT2D eigenvalue weighted by Crippen LogP contribution is -2.22. The van der Waals surface area contributed by atoms with Crippen LogP contribution in [0.1, 0.15) is 28.4 Å². The first-order chi connectivity index (χ1) is 12.6. The Morgan fingerprint density at radius 2 is 1.85 bits per heavy atom. The van der Waals surface area contributed by atoms with Crippen LogP contribution < -0.4 is 10.6 Å². The lowest BCUT2D eigenvalue weighted by Gasteiger charge is -2.06. The SMILES string of the molecule is CC(=O)Nc1cccc(C(=O)NCc2cnn(Cc3ccccc3)c2)c1. The van der Waals surface area contributed by atoms with E-state index in [0.29, 0.717) is 24.3 Å². The second-order valence-electron chi connectivity index (χ2n) is 5.98. The average molecular weight is 348 g/mol. The van der Waals surface area contributed by atoms with Crippen molar-refractivity contribution in [3.8, 4) is 0 Å². The van der Waals surface area contributed by atoms with Gasteiger partial charge in [0, 0.05) is 36.5 Å². The van der Waals surface area contributed by atoms with Crippen LogP contribution in [0.15, 0.2) is 67.0 Å². The number of aromatic nitrogens is 2. The summed E-state index contributed by atoms with van der Waals surface area (Å²) in [6.07, 6.45) is 3.66. The van der Waals surface area contributed by atoms with Crippen LogP contribution in [-0.2, 0) is 17.9 Å². The molecule has 2 N–H and O–H groups in total. The molecule has 2 aromatic carbocycles. The van der Waals surface area contributed by atoms with Crippen molar-refractivity contribution in [3.63, 3.8) is 0 Å². The predicted molar refractivity (Wildman–Crippen MR) is 99.7 cm³/mol. The molecular weight excluding hydrogens is 328 g/mol. The summed E-state index contributed by atoms with van der Waals surface area (Å²) in [7, 11) is 0. The van der Waals surface area contributed by atoms with E-state index >= 15 is 0 Å². The van der Waals surface area contributed by atoms with Gasteiger partial charge in [-0.2, -0.15) is 5.10 Å². The minimum atomic E-state index is -0.201. The summed E-state index contributed by atoms with van der Waals surface area (Å²) in [5, 5.41) is 9.86. The Morgan fingerprint density at radius 3 is 2.62 bits per heavy atom. The molecule has 0 saturated carbocycles. The lowest BCUT2D eigenvalue weighted by atomic mass is 10.2. The zero-order valence-corrected chi connectivity index (χ0v) is 14.5. The maximum absolute atomic E-state index is 12.3. The molecule has 0 atom stereocenters. The van der Waals surface area contributed by atoms with Crippen molar-refractivity contribution in [2.45, 2.75) is 20.0 Å². The molecule has 0 bridgehead atoms. The molecule has 0 spiro atoms. The third kappa shape index (κ3) is 4.80. The van der Waals surface area contributed by atoms with E-state index in [1.54, 1.807) is 30.5 Å². The Morgan fingerprint density at radius 1 is 1.04 bits per heavy atom. The second kappa shape index (κ2) is 8.11. The summed E-state index contributed by atoms with van der Waals surface area (Å²) in [5.74, 6) is -0.374. The molecule has 0 fully saturated rings. The highest BCUT2D eigenvalue weighted by Gasteiger charge is 2.08. The maximum atomic E-state index is 12.3. The number of nitrogens with one attached hydrogen (secondary N) is 2. The zero-order chi connectivity index (χ0) is 18.4. The van der Waals surface area contributed by atoms with Crippen molar-refractivity contribution < 1.29 is 9.59 Å². The summed E-state index contributed by atoms with van der Waals surface area (Å²) in [6, 6.07) is 16.9. The van der Waals surface area contributed by atoms with E-state index in [-0.39, 0.29) is 11.8 Å². The number of carbonyl (C=O) groups is 2. The third-order valence-electron chi connectivity index (χ3n) is 3.77. The highest BCUT2D eigenvalue weighted by atomic mass is 16.2. The number of rotatable bonds is 6. The van der Waals surface area contributed by atoms with Gasteiger partial charge >= 0.3 is 0 Å². The molecule has 26 heavy (non-hydrogen) atoms. The predicted octanol–water partition coefficient (Wildman–Crippen LogP) is 2.82. The molecule has 2 amide bonds. The number of hydrogen-bond acceptors (Lipinski definition) is 3. The third-order valence-corrected chi connectivity index (χ3v) is 3.77. The van der Waals surface area contributed by atoms with Gasteiger partial charge in [-0.15, -0.1) is 0 Å². The molecule has 0 unspecified atom stereocenters. The van der Waals surface area contributed by atoms with E-state index in [1.807, 2.05) is 41.2 Å². The first-order valence-corrected chi connectivity index (χ1v) is 8.31. The van der Waals surface area contributed by atoms with Crippen molar-refractivity contribution in [1.29, 1.82) is 0 Å². The molecule has 3 aromatic rings. The van der Waals surface area contributed by atoms with Crippen molar-refractivity contribution >= 4 is 17.5 Å². The molecule has 132 valence electrons. The molecule has 1 heterocycles. The van der Waals surface area contributed by atoms with Crippen molar-refractivity contribution in [2.24, 2.45) is 0 Å². The Balaban J connectivity index is 1.57. The molecule has 0 radical (unpaired) electrons. The number of benzene rings is 2. The van der Waals surface area contributed by atoms with Gasteiger partial charge < -0.3 is 10.6 Å². The van der Waals surface area contributed by atoms with Gasteiger partial charge in [0.05, 0.1) is 12.7 Å². The first-order valence-electron chi connectivity index (χ1n) is 8.31. The van der Waals surface area contributed by atoms with Crippen LogP contribution in [0, 0.1) is 0 Å². The van der Waals surface area contributed by atoms with Gasteiger partial charge in [0.2, 0.25) is 5.91 Å². The highest BCUT2D eigenvalue weighted by molar-refractivity contribution is 5.96. The fourth-order valence-electron chi connectivity index (χ4n) is 2.58. The molecule has 0 aliphatic heterocycles. The van der Waals surface area contributed by atoms with E-state index in [0.717, 1.165) is 5.56 Å². The van der Waals surface area contributed by atoms with E-state index in [4.69, 9.17) is 0 Å². The standard InChI is InChI=1S/C20H20N4O2/c1-15(25)23-19-9-5-8-18(10-19)20(26)21-11-17-12-22-24(14-17)13-16-6-3-2-4-7-16/h2-10,12,14H,11,13H2,1H3,(H,21,26)(H,23,25). The van der Waals surface area contributed by atoms with Gasteiger partial charge in [-0.25, -0.2) is 0 Å². The van der Waals surface area contributed by atoms with Crippen molar-refractivity contribution in [3.05, 3.63) is 83.7 Å². The summed E-state index contributed by atoms with van der Waals surface area (Å²) in [5.41, 5.74) is 3.18. The van der Waals surface area contributed by atoms with E-state index in [9.17, 15) is 9.59 Å². The number of anilines is 1. The average Bonchev–Trinajstić information content (AvgIpc) is 3.07. The molecule has 6 heteroatoms. The van der Waals surface area contributed by atoms with Crippen LogP contribution in [0.3, 0.4) is 0 Å². The molecule has 0 saturated heterocycles. The monoisotopic (exact) mass is 348 g/mol. The minimum absolute atomic E-state index is 0.173. The minimum Gasteiger partial charge on any atom is -0.348 e. The largest absolute Gasteiger partial charge is 0.348 e. The smallest absolute Gasteiger partial charge is 0.251 e. The Kier molecular flexibility index (Phi) is 5.43. The van der Waals surface area contributed by atoms with Gasteiger partial charge in [-0.1, -0.05) is 36.4 Å². The van der Waals surface area contributed by atoms with Crippen LogP contribution in [0.2, 0.25) is 0 Å². The molecule has 6 nitrogen and oxygen atoms in total. The van der Waals surface area contributed by atoms with Crippen LogP contribution in [-0.4, -0.2) is 21.6 Å². The number of nitrogens with zero attached hydrogens (tertiary/aromatic N) is 2. The van der Waals surface area contributed by atoms with Crippen LogP contribution in [0.25, 0.3) is 0 Å². The van der Waals surface area contributed by atoms with Crippen LogP contribution in [0.4, 0.5) is 5.69 Å². The van der Waals surface area contributed by atoms with Gasteiger partial charge in [0.25, 0.3) is 5.91 Å². The van der Waals surface area contributed by atoms with Crippen molar-refractivity contribution in [1.82, 2.24) is 15.1 Å². The fraction of sp³-hybridized carbons (Fsp3) is 0.150. The number of hydrogen-bond donors (Lipinski definition) is 2. The van der Waals surface area contributed by atoms with E-state index < -0.39 is 0 Å². The summed E-state index contributed by atoms with van der Waals surface area (Å²) < 4.78 is 1.84. The zero-order valence-electron chi connectivity index (χ0n) is 14.5. The quantitative estimate of drug-likeness (QED) is 0.719. The Hall–Kier alpha value is -3.41. The summed E-state index contributed by atoms with van der Waals surface area (Å²) >= 11 is 0. The molecule has 0 aliphatic rings. The summed E-state index contributed by atoms with van der Waals surface area (Å²) in [4.78, 5) is 23.4. The highest BCUT2D eigenvalue weighted by Crippen LogP contribution is 2.11. The Labute approximate surface area is 151 Å². The van der Waals surface area contributed by atoms with Crippen LogP contribution in [0.5, 0.6) is 0 Å². The number of amides is 2. The topological polar surface area (TPSA) is 76.0 Å². The lowest BCUT2D eigenvalue weighted by molar-refractivity contribution is -0.114.